The number of aryl methyl sites for hydroxylation is 1. The molecular weight excluding hydrogens is 420 g/mol. The number of benzene rings is 2. The van der Waals surface area contributed by atoms with Crippen molar-refractivity contribution in [3.05, 3.63) is 53.1 Å². The molecule has 1 amide bonds. The van der Waals surface area contributed by atoms with Crippen LogP contribution in [0.25, 0.3) is 0 Å². The average Bonchev–Trinajstić information content (AvgIpc) is 2.79. The van der Waals surface area contributed by atoms with Crippen LogP contribution in [0.3, 0.4) is 0 Å². The Labute approximate surface area is 182 Å². The standard InChI is InChI=1S/C22H26N2O6S/c1-15-7-9-17(31(27,28)24-11-5-4-6-12-24)14-18(15)21(25)23-20-10-8-16(29-2)13-19(20)22(26)30-3/h7-10,13-14H,4-6,11-12H2,1-3H3,(H,23,25). The van der Waals surface area contributed by atoms with Gasteiger partial charge in [0.15, 0.2) is 0 Å². The summed E-state index contributed by atoms with van der Waals surface area (Å²) < 4.78 is 37.4. The van der Waals surface area contributed by atoms with Gasteiger partial charge < -0.3 is 14.8 Å². The molecule has 2 aromatic rings. The maximum Gasteiger partial charge on any atom is 0.340 e. The highest BCUT2D eigenvalue weighted by Crippen LogP contribution is 2.26. The number of ether oxygens (including phenoxy) is 2. The predicted octanol–water partition coefficient (Wildman–Crippen LogP) is 3.22. The van der Waals surface area contributed by atoms with E-state index in [1.807, 2.05) is 0 Å². The number of piperidine rings is 1. The van der Waals surface area contributed by atoms with Crippen molar-refractivity contribution in [2.75, 3.05) is 32.6 Å². The van der Waals surface area contributed by atoms with Gasteiger partial charge in [-0.1, -0.05) is 12.5 Å². The number of sulfonamides is 1. The van der Waals surface area contributed by atoms with E-state index in [2.05, 4.69) is 5.32 Å². The second-order valence-corrected chi connectivity index (χ2v) is 9.24. The molecule has 1 fully saturated rings. The van der Waals surface area contributed by atoms with Crippen LogP contribution in [-0.4, -0.2) is 51.9 Å². The molecule has 2 aromatic carbocycles. The maximum atomic E-state index is 13.0. The molecule has 9 heteroatoms. The van der Waals surface area contributed by atoms with E-state index in [1.54, 1.807) is 19.1 Å². The van der Waals surface area contributed by atoms with Crippen LogP contribution in [0, 0.1) is 6.92 Å². The third kappa shape index (κ3) is 4.88. The van der Waals surface area contributed by atoms with Crippen LogP contribution in [0.4, 0.5) is 5.69 Å². The van der Waals surface area contributed by atoms with Crippen molar-refractivity contribution in [1.29, 1.82) is 0 Å². The Balaban J connectivity index is 1.92. The van der Waals surface area contributed by atoms with Gasteiger partial charge >= 0.3 is 5.97 Å². The zero-order valence-corrected chi connectivity index (χ0v) is 18.6. The fraction of sp³-hybridized carbons (Fsp3) is 0.364. The minimum absolute atomic E-state index is 0.0769. The molecule has 0 aromatic heterocycles. The highest BCUT2D eigenvalue weighted by Gasteiger charge is 2.27. The smallest absolute Gasteiger partial charge is 0.340 e. The van der Waals surface area contributed by atoms with Crippen molar-refractivity contribution in [3.63, 3.8) is 0 Å². The molecule has 0 bridgehead atoms. The van der Waals surface area contributed by atoms with Gasteiger partial charge in [-0.05, 0) is 55.7 Å². The number of amides is 1. The van der Waals surface area contributed by atoms with Crippen molar-refractivity contribution >= 4 is 27.6 Å². The number of carbonyl (C=O) groups is 2. The van der Waals surface area contributed by atoms with Gasteiger partial charge in [-0.25, -0.2) is 13.2 Å². The molecule has 1 N–H and O–H groups in total. The van der Waals surface area contributed by atoms with Gasteiger partial charge in [-0.3, -0.25) is 4.79 Å². The fourth-order valence-electron chi connectivity index (χ4n) is 3.49. The third-order valence-corrected chi connectivity index (χ3v) is 7.18. The van der Waals surface area contributed by atoms with Crippen molar-refractivity contribution in [1.82, 2.24) is 4.31 Å². The quantitative estimate of drug-likeness (QED) is 0.684. The fourth-order valence-corrected chi connectivity index (χ4v) is 5.03. The zero-order valence-electron chi connectivity index (χ0n) is 17.8. The molecule has 166 valence electrons. The molecule has 0 aliphatic carbocycles. The Kier molecular flexibility index (Phi) is 6.97. The number of hydrogen-bond acceptors (Lipinski definition) is 6. The Hall–Kier alpha value is -2.91. The van der Waals surface area contributed by atoms with Gasteiger partial charge in [0.05, 0.1) is 30.4 Å². The molecule has 0 unspecified atom stereocenters. The van der Waals surface area contributed by atoms with Gasteiger partial charge in [0.1, 0.15) is 5.75 Å². The van der Waals surface area contributed by atoms with Gasteiger partial charge in [0.25, 0.3) is 5.91 Å². The zero-order chi connectivity index (χ0) is 22.6. The van der Waals surface area contributed by atoms with Gasteiger partial charge in [-0.2, -0.15) is 4.31 Å². The summed E-state index contributed by atoms with van der Waals surface area (Å²) in [5.41, 5.74) is 1.19. The number of esters is 1. The first-order valence-corrected chi connectivity index (χ1v) is 11.4. The number of methoxy groups -OCH3 is 2. The molecule has 0 radical (unpaired) electrons. The highest BCUT2D eigenvalue weighted by atomic mass is 32.2. The van der Waals surface area contributed by atoms with Crippen molar-refractivity contribution < 1.29 is 27.5 Å². The van der Waals surface area contributed by atoms with Crippen LogP contribution in [-0.2, 0) is 14.8 Å². The molecule has 1 saturated heterocycles. The van der Waals surface area contributed by atoms with Crippen LogP contribution in [0.1, 0.15) is 45.5 Å². The molecule has 1 aliphatic rings. The third-order valence-electron chi connectivity index (χ3n) is 5.29. The molecule has 3 rings (SSSR count). The SMILES string of the molecule is COC(=O)c1cc(OC)ccc1NC(=O)c1cc(S(=O)(=O)N2CCCCC2)ccc1C. The lowest BCUT2D eigenvalue weighted by molar-refractivity contribution is 0.0601. The van der Waals surface area contributed by atoms with E-state index in [4.69, 9.17) is 9.47 Å². The van der Waals surface area contributed by atoms with Crippen LogP contribution in [0.5, 0.6) is 5.75 Å². The number of hydrogen-bond donors (Lipinski definition) is 1. The van der Waals surface area contributed by atoms with Crippen LogP contribution < -0.4 is 10.1 Å². The van der Waals surface area contributed by atoms with Gasteiger partial charge in [0, 0.05) is 18.7 Å². The van der Waals surface area contributed by atoms with Crippen molar-refractivity contribution in [2.45, 2.75) is 31.1 Å². The minimum Gasteiger partial charge on any atom is -0.497 e. The Bertz CT molecular complexity index is 1090. The lowest BCUT2D eigenvalue weighted by atomic mass is 10.1. The summed E-state index contributed by atoms with van der Waals surface area (Å²) in [4.78, 5) is 25.2. The van der Waals surface area contributed by atoms with Crippen LogP contribution in [0.2, 0.25) is 0 Å². The number of anilines is 1. The molecular formula is C22H26N2O6S. The lowest BCUT2D eigenvalue weighted by Gasteiger charge is -2.26. The second kappa shape index (κ2) is 9.49. The van der Waals surface area contributed by atoms with E-state index in [0.717, 1.165) is 19.3 Å². The molecule has 31 heavy (non-hydrogen) atoms. The van der Waals surface area contributed by atoms with Crippen molar-refractivity contribution in [3.8, 4) is 5.75 Å². The van der Waals surface area contributed by atoms with E-state index in [-0.39, 0.29) is 21.7 Å². The van der Waals surface area contributed by atoms with Crippen molar-refractivity contribution in [2.24, 2.45) is 0 Å². The van der Waals surface area contributed by atoms with Gasteiger partial charge in [-0.15, -0.1) is 0 Å². The highest BCUT2D eigenvalue weighted by molar-refractivity contribution is 7.89. The number of rotatable bonds is 6. The van der Waals surface area contributed by atoms with Crippen LogP contribution in [0.15, 0.2) is 41.3 Å². The van der Waals surface area contributed by atoms with E-state index in [0.29, 0.717) is 24.4 Å². The van der Waals surface area contributed by atoms with Crippen LogP contribution >= 0.6 is 0 Å². The Morgan fingerprint density at radius 3 is 2.32 bits per heavy atom. The summed E-state index contributed by atoms with van der Waals surface area (Å²) >= 11 is 0. The summed E-state index contributed by atoms with van der Waals surface area (Å²) in [6.07, 6.45) is 2.66. The molecule has 0 spiro atoms. The number of carbonyl (C=O) groups excluding carboxylic acids is 2. The molecule has 1 heterocycles. The molecule has 1 aliphatic heterocycles. The molecule has 0 saturated carbocycles. The number of nitrogens with one attached hydrogen (secondary N) is 1. The first-order valence-electron chi connectivity index (χ1n) is 9.96. The Morgan fingerprint density at radius 1 is 0.968 bits per heavy atom. The second-order valence-electron chi connectivity index (χ2n) is 7.30. The minimum atomic E-state index is -3.68. The summed E-state index contributed by atoms with van der Waals surface area (Å²) in [6, 6.07) is 9.12. The van der Waals surface area contributed by atoms with E-state index >= 15 is 0 Å². The summed E-state index contributed by atoms with van der Waals surface area (Å²) in [5.74, 6) is -0.722. The van der Waals surface area contributed by atoms with E-state index < -0.39 is 21.9 Å². The largest absolute Gasteiger partial charge is 0.497 e. The monoisotopic (exact) mass is 446 g/mol. The Morgan fingerprint density at radius 2 is 1.68 bits per heavy atom. The lowest BCUT2D eigenvalue weighted by Crippen LogP contribution is -2.35. The first-order chi connectivity index (χ1) is 14.8. The first kappa shape index (κ1) is 22.8. The summed E-state index contributed by atoms with van der Waals surface area (Å²) in [6.45, 7) is 2.68. The van der Waals surface area contributed by atoms with E-state index in [9.17, 15) is 18.0 Å². The topological polar surface area (TPSA) is 102 Å². The summed E-state index contributed by atoms with van der Waals surface area (Å²) in [5, 5.41) is 2.69. The molecule has 0 atom stereocenters. The molecule has 8 nitrogen and oxygen atoms in total. The summed E-state index contributed by atoms with van der Waals surface area (Å²) in [7, 11) is -0.972. The van der Waals surface area contributed by atoms with Gasteiger partial charge in [0.2, 0.25) is 10.0 Å². The number of nitrogens with zero attached hydrogens (tertiary/aromatic N) is 1. The normalized spacial score (nSPS) is 14.7. The maximum absolute atomic E-state index is 13.0. The predicted molar refractivity (Wildman–Crippen MR) is 116 cm³/mol. The average molecular weight is 447 g/mol. The van der Waals surface area contributed by atoms with E-state index in [1.165, 1.54) is 42.8 Å².